The van der Waals surface area contributed by atoms with Crippen LogP contribution in [0.5, 0.6) is 0 Å². The van der Waals surface area contributed by atoms with Crippen LogP contribution in [0.3, 0.4) is 0 Å². The molecule has 0 aromatic rings. The van der Waals surface area contributed by atoms with Gasteiger partial charge in [-0.05, 0) is 7.05 Å². The predicted molar refractivity (Wildman–Crippen MR) is 55.7 cm³/mol. The van der Waals surface area contributed by atoms with Crippen LogP contribution in [0.25, 0.3) is 0 Å². The number of hydrogen-bond acceptors (Lipinski definition) is 5. The molecule has 0 aliphatic rings. The van der Waals surface area contributed by atoms with E-state index in [1.807, 2.05) is 0 Å². The summed E-state index contributed by atoms with van der Waals surface area (Å²) in [5, 5.41) is 2.41. The monoisotopic (exact) mass is 239 g/mol. The lowest BCUT2D eigenvalue weighted by molar-refractivity contribution is -0.125. The highest BCUT2D eigenvalue weighted by Crippen LogP contribution is 1.80. The second kappa shape index (κ2) is 7.57. The van der Waals surface area contributed by atoms with Crippen LogP contribution in [0.15, 0.2) is 0 Å². The molecule has 0 radical (unpaired) electrons. The Labute approximate surface area is 89.4 Å². The van der Waals surface area contributed by atoms with Crippen LogP contribution in [0, 0.1) is 0 Å². The quantitative estimate of drug-likeness (QED) is 0.410. The number of amides is 1. The van der Waals surface area contributed by atoms with Crippen molar-refractivity contribution in [3.8, 4) is 0 Å². The number of hydrogen-bond donors (Lipinski definition) is 3. The minimum Gasteiger partial charge on any atom is -0.370 e. The molecule has 0 saturated heterocycles. The predicted octanol–water partition coefficient (Wildman–Crippen LogP) is -2.37. The molecule has 0 spiro atoms. The number of sulfonamides is 1. The average Bonchev–Trinajstić information content (AvgIpc) is 2.18. The molecular weight excluding hydrogens is 222 g/mol. The molecule has 90 valence electrons. The number of nitrogens with two attached hydrogens (primary N) is 1. The molecule has 0 rings (SSSR count). The van der Waals surface area contributed by atoms with Crippen molar-refractivity contribution < 1.29 is 17.9 Å². The molecule has 4 N–H and O–H groups in total. The van der Waals surface area contributed by atoms with Gasteiger partial charge in [0.2, 0.25) is 15.9 Å². The van der Waals surface area contributed by atoms with Gasteiger partial charge in [0.05, 0.1) is 12.4 Å². The summed E-state index contributed by atoms with van der Waals surface area (Å²) >= 11 is 0. The first-order valence-electron chi connectivity index (χ1n) is 4.47. The molecule has 15 heavy (non-hydrogen) atoms. The summed E-state index contributed by atoms with van der Waals surface area (Å²) in [5.41, 5.74) is 5.15. The van der Waals surface area contributed by atoms with E-state index in [9.17, 15) is 13.2 Å². The number of rotatable bonds is 8. The Morgan fingerprint density at radius 1 is 1.47 bits per heavy atom. The molecule has 0 aromatic heterocycles. The lowest BCUT2D eigenvalue weighted by Gasteiger charge is -2.05. The van der Waals surface area contributed by atoms with Gasteiger partial charge in [-0.1, -0.05) is 0 Å². The third kappa shape index (κ3) is 8.30. The zero-order valence-electron chi connectivity index (χ0n) is 8.65. The summed E-state index contributed by atoms with van der Waals surface area (Å²) in [7, 11) is -1.94. The second-order valence-corrected chi connectivity index (χ2v) is 4.76. The van der Waals surface area contributed by atoms with Gasteiger partial charge in [0, 0.05) is 13.1 Å². The van der Waals surface area contributed by atoms with Crippen LogP contribution in [-0.4, -0.2) is 53.4 Å². The normalized spacial score (nSPS) is 11.3. The fourth-order valence-corrected chi connectivity index (χ4v) is 1.30. The van der Waals surface area contributed by atoms with Gasteiger partial charge in [-0.3, -0.25) is 4.79 Å². The molecule has 0 heterocycles. The summed E-state index contributed by atoms with van der Waals surface area (Å²) in [4.78, 5) is 11.0. The largest absolute Gasteiger partial charge is 0.370 e. The Bertz CT molecular complexity index is 278. The number of carbonyl (C=O) groups excluding carboxylic acids is 1. The van der Waals surface area contributed by atoms with Crippen LogP contribution in [-0.2, 0) is 19.6 Å². The van der Waals surface area contributed by atoms with E-state index in [4.69, 9.17) is 10.5 Å². The van der Waals surface area contributed by atoms with Gasteiger partial charge in [-0.2, -0.15) is 0 Å². The second-order valence-electron chi connectivity index (χ2n) is 2.71. The lowest BCUT2D eigenvalue weighted by Crippen LogP contribution is -2.35. The molecule has 8 heteroatoms. The molecule has 0 aromatic carbocycles. The zero-order valence-corrected chi connectivity index (χ0v) is 9.47. The van der Waals surface area contributed by atoms with Gasteiger partial charge < -0.3 is 15.8 Å². The third-order valence-electron chi connectivity index (χ3n) is 1.50. The van der Waals surface area contributed by atoms with E-state index in [1.165, 1.54) is 7.05 Å². The summed E-state index contributed by atoms with van der Waals surface area (Å²) in [6.45, 7) is 0.619. The standard InChI is InChI=1S/C7H17N3O4S/c1-9-15(12,13)5-3-10-7(11)6-14-4-2-8/h9H,2-6,8H2,1H3,(H,10,11). The summed E-state index contributed by atoms with van der Waals surface area (Å²) in [5.74, 6) is -0.499. The Balaban J connectivity index is 3.55. The maximum absolute atomic E-state index is 11.0. The van der Waals surface area contributed by atoms with E-state index in [0.29, 0.717) is 13.2 Å². The molecule has 7 nitrogen and oxygen atoms in total. The number of ether oxygens (including phenoxy) is 1. The highest BCUT2D eigenvalue weighted by Gasteiger charge is 2.07. The maximum atomic E-state index is 11.0. The van der Waals surface area contributed by atoms with Crippen molar-refractivity contribution in [3.05, 3.63) is 0 Å². The van der Waals surface area contributed by atoms with E-state index in [2.05, 4.69) is 10.0 Å². The Hall–Kier alpha value is -0.700. The van der Waals surface area contributed by atoms with E-state index >= 15 is 0 Å². The van der Waals surface area contributed by atoms with Gasteiger partial charge in [-0.25, -0.2) is 13.1 Å². The smallest absolute Gasteiger partial charge is 0.246 e. The van der Waals surface area contributed by atoms with Gasteiger partial charge in [0.1, 0.15) is 6.61 Å². The fourth-order valence-electron chi connectivity index (χ4n) is 0.726. The van der Waals surface area contributed by atoms with Crippen molar-refractivity contribution in [2.45, 2.75) is 0 Å². The van der Waals surface area contributed by atoms with E-state index < -0.39 is 10.0 Å². The van der Waals surface area contributed by atoms with Crippen LogP contribution >= 0.6 is 0 Å². The molecule has 0 saturated carbocycles. The number of carbonyl (C=O) groups is 1. The SMILES string of the molecule is CNS(=O)(=O)CCNC(=O)COCCN. The van der Waals surface area contributed by atoms with E-state index in [1.54, 1.807) is 0 Å². The maximum Gasteiger partial charge on any atom is 0.246 e. The third-order valence-corrected chi connectivity index (χ3v) is 2.86. The van der Waals surface area contributed by atoms with Gasteiger partial charge in [-0.15, -0.1) is 0 Å². The van der Waals surface area contributed by atoms with E-state index in [0.717, 1.165) is 0 Å². The minimum absolute atomic E-state index is 0.0635. The first-order valence-corrected chi connectivity index (χ1v) is 6.13. The Kier molecular flexibility index (Phi) is 7.22. The number of nitrogens with one attached hydrogen (secondary N) is 2. The molecule has 1 amide bonds. The Morgan fingerprint density at radius 3 is 2.67 bits per heavy atom. The van der Waals surface area contributed by atoms with Crippen molar-refractivity contribution in [1.82, 2.24) is 10.0 Å². The molecule has 0 unspecified atom stereocenters. The van der Waals surface area contributed by atoms with Crippen LogP contribution in [0.1, 0.15) is 0 Å². The van der Waals surface area contributed by atoms with Crippen LogP contribution in [0.4, 0.5) is 0 Å². The summed E-state index contributed by atoms with van der Waals surface area (Å²) < 4.78 is 28.9. The van der Waals surface area contributed by atoms with Gasteiger partial charge in [0.25, 0.3) is 0 Å². The molecule has 0 bridgehead atoms. The lowest BCUT2D eigenvalue weighted by atomic mass is 10.6. The molecule has 0 fully saturated rings. The van der Waals surface area contributed by atoms with Crippen molar-refractivity contribution in [1.29, 1.82) is 0 Å². The van der Waals surface area contributed by atoms with Gasteiger partial charge >= 0.3 is 0 Å². The van der Waals surface area contributed by atoms with E-state index in [-0.39, 0.29) is 24.8 Å². The molecule has 0 atom stereocenters. The summed E-state index contributed by atoms with van der Waals surface area (Å²) in [6.07, 6.45) is 0. The minimum atomic E-state index is -3.27. The van der Waals surface area contributed by atoms with Crippen molar-refractivity contribution in [2.75, 3.05) is 39.1 Å². The molecular formula is C7H17N3O4S. The van der Waals surface area contributed by atoms with Crippen LogP contribution < -0.4 is 15.8 Å². The average molecular weight is 239 g/mol. The molecule has 0 aliphatic heterocycles. The van der Waals surface area contributed by atoms with Gasteiger partial charge in [0.15, 0.2) is 0 Å². The van der Waals surface area contributed by atoms with Crippen molar-refractivity contribution >= 4 is 15.9 Å². The first kappa shape index (κ1) is 14.3. The summed E-state index contributed by atoms with van der Waals surface area (Å²) in [6, 6.07) is 0. The van der Waals surface area contributed by atoms with Crippen molar-refractivity contribution in [3.63, 3.8) is 0 Å². The zero-order chi connectivity index (χ0) is 11.7. The topological polar surface area (TPSA) is 111 Å². The first-order chi connectivity index (χ1) is 7.02. The fraction of sp³-hybridized carbons (Fsp3) is 0.857. The Morgan fingerprint density at radius 2 is 2.13 bits per heavy atom. The molecule has 0 aliphatic carbocycles. The highest BCUT2D eigenvalue weighted by molar-refractivity contribution is 7.89. The van der Waals surface area contributed by atoms with Crippen molar-refractivity contribution in [2.24, 2.45) is 5.73 Å². The highest BCUT2D eigenvalue weighted by atomic mass is 32.2. The van der Waals surface area contributed by atoms with Crippen LogP contribution in [0.2, 0.25) is 0 Å².